The highest BCUT2D eigenvalue weighted by Gasteiger charge is 2.20. The molecule has 1 unspecified atom stereocenters. The quantitative estimate of drug-likeness (QED) is 0.608. The normalized spacial score (nSPS) is 21.2. The van der Waals surface area contributed by atoms with Gasteiger partial charge in [0.1, 0.15) is 6.17 Å². The lowest BCUT2D eigenvalue weighted by molar-refractivity contribution is 0.365. The summed E-state index contributed by atoms with van der Waals surface area (Å²) in [6.07, 6.45) is 3.41. The van der Waals surface area contributed by atoms with Gasteiger partial charge in [0.25, 0.3) is 0 Å². The molecule has 2 rings (SSSR count). The molecule has 1 aromatic rings. The number of nitrogens with zero attached hydrogens (tertiary/aromatic N) is 2. The molecule has 0 aliphatic carbocycles. The summed E-state index contributed by atoms with van der Waals surface area (Å²) in [4.78, 5) is 0. The van der Waals surface area contributed by atoms with E-state index in [2.05, 4.69) is 0 Å². The van der Waals surface area contributed by atoms with E-state index in [1.807, 2.05) is 36.4 Å². The molecular formula is C9H12N4. The summed E-state index contributed by atoms with van der Waals surface area (Å²) in [6.45, 7) is 0. The van der Waals surface area contributed by atoms with Crippen LogP contribution in [0.1, 0.15) is 0 Å². The Morgan fingerprint density at radius 1 is 1.15 bits per heavy atom. The maximum absolute atomic E-state index is 5.82. The van der Waals surface area contributed by atoms with Gasteiger partial charge in [-0.1, -0.05) is 18.2 Å². The van der Waals surface area contributed by atoms with Crippen molar-refractivity contribution < 1.29 is 0 Å². The van der Waals surface area contributed by atoms with E-state index in [4.69, 9.17) is 11.6 Å². The van der Waals surface area contributed by atoms with Crippen LogP contribution < -0.4 is 16.6 Å². The summed E-state index contributed by atoms with van der Waals surface area (Å²) in [5.74, 6) is 5.69. The molecule has 1 aliphatic rings. The van der Waals surface area contributed by atoms with Crippen LogP contribution in [0.5, 0.6) is 0 Å². The first kappa shape index (κ1) is 8.10. The minimum absolute atomic E-state index is 0.174. The molecule has 0 bridgehead atoms. The molecular weight excluding hydrogens is 164 g/mol. The van der Waals surface area contributed by atoms with Crippen molar-refractivity contribution in [2.24, 2.45) is 11.6 Å². The van der Waals surface area contributed by atoms with E-state index < -0.39 is 0 Å². The Kier molecular flexibility index (Phi) is 1.92. The highest BCUT2D eigenvalue weighted by molar-refractivity contribution is 5.48. The van der Waals surface area contributed by atoms with Crippen molar-refractivity contribution in [1.29, 1.82) is 0 Å². The smallest absolute Gasteiger partial charge is 0.119 e. The second kappa shape index (κ2) is 3.08. The monoisotopic (exact) mass is 176 g/mol. The average Bonchev–Trinajstić information content (AvgIpc) is 2.48. The van der Waals surface area contributed by atoms with E-state index in [0.717, 1.165) is 5.69 Å². The van der Waals surface area contributed by atoms with Gasteiger partial charge in [-0.05, 0) is 18.2 Å². The molecule has 0 spiro atoms. The van der Waals surface area contributed by atoms with Crippen LogP contribution in [0.2, 0.25) is 0 Å². The van der Waals surface area contributed by atoms with E-state index >= 15 is 0 Å². The second-order valence-corrected chi connectivity index (χ2v) is 2.89. The van der Waals surface area contributed by atoms with Crippen molar-refractivity contribution in [2.45, 2.75) is 6.17 Å². The van der Waals surface area contributed by atoms with Crippen molar-refractivity contribution in [3.63, 3.8) is 0 Å². The molecule has 0 saturated carbocycles. The van der Waals surface area contributed by atoms with Gasteiger partial charge in [-0.25, -0.2) is 11.0 Å². The maximum atomic E-state index is 5.82. The van der Waals surface area contributed by atoms with Gasteiger partial charge in [0.2, 0.25) is 0 Å². The first-order valence-corrected chi connectivity index (χ1v) is 4.11. The summed E-state index contributed by atoms with van der Waals surface area (Å²) < 4.78 is 0. The largest absolute Gasteiger partial charge is 0.306 e. The van der Waals surface area contributed by atoms with Crippen LogP contribution in [-0.4, -0.2) is 11.3 Å². The molecule has 1 aliphatic heterocycles. The molecule has 0 saturated heterocycles. The third-order valence-corrected chi connectivity index (χ3v) is 1.99. The number of hydrogen-bond donors (Lipinski definition) is 2. The van der Waals surface area contributed by atoms with E-state index in [1.54, 1.807) is 11.2 Å². The van der Waals surface area contributed by atoms with E-state index in [9.17, 15) is 0 Å². The van der Waals surface area contributed by atoms with Gasteiger partial charge in [0, 0.05) is 6.20 Å². The fraction of sp³-hybridized carbons (Fsp3) is 0.111. The van der Waals surface area contributed by atoms with Crippen molar-refractivity contribution >= 4 is 5.69 Å². The predicted octanol–water partition coefficient (Wildman–Crippen LogP) is 0.396. The number of nitrogens with two attached hydrogens (primary N) is 2. The summed E-state index contributed by atoms with van der Waals surface area (Å²) in [6, 6.07) is 9.79. The van der Waals surface area contributed by atoms with E-state index in [1.165, 1.54) is 5.12 Å². The molecule has 4 heteroatoms. The highest BCUT2D eigenvalue weighted by atomic mass is 15.8. The molecule has 0 fully saturated rings. The molecule has 1 atom stereocenters. The van der Waals surface area contributed by atoms with Crippen LogP contribution in [0.3, 0.4) is 0 Å². The molecule has 0 aromatic heterocycles. The van der Waals surface area contributed by atoms with Crippen LogP contribution in [-0.2, 0) is 0 Å². The zero-order chi connectivity index (χ0) is 9.26. The number of rotatable bonds is 1. The number of hydrogen-bond acceptors (Lipinski definition) is 4. The molecule has 0 radical (unpaired) electrons. The third-order valence-electron chi connectivity index (χ3n) is 1.99. The maximum Gasteiger partial charge on any atom is 0.119 e. The first-order valence-electron chi connectivity index (χ1n) is 4.11. The summed E-state index contributed by atoms with van der Waals surface area (Å²) in [5, 5.41) is 3.29. The van der Waals surface area contributed by atoms with Gasteiger partial charge in [0.05, 0.1) is 5.69 Å². The fourth-order valence-corrected chi connectivity index (χ4v) is 1.37. The lowest BCUT2D eigenvalue weighted by Gasteiger charge is -2.29. The van der Waals surface area contributed by atoms with Crippen LogP contribution in [0, 0.1) is 0 Å². The van der Waals surface area contributed by atoms with Gasteiger partial charge in [-0.3, -0.25) is 5.01 Å². The lowest BCUT2D eigenvalue weighted by atomic mass is 10.3. The summed E-state index contributed by atoms with van der Waals surface area (Å²) in [7, 11) is 0. The summed E-state index contributed by atoms with van der Waals surface area (Å²) >= 11 is 0. The topological polar surface area (TPSA) is 58.5 Å². The van der Waals surface area contributed by atoms with E-state index in [-0.39, 0.29) is 6.17 Å². The van der Waals surface area contributed by atoms with Crippen molar-refractivity contribution in [3.05, 3.63) is 42.6 Å². The van der Waals surface area contributed by atoms with Crippen molar-refractivity contribution in [3.8, 4) is 0 Å². The Morgan fingerprint density at radius 2 is 1.85 bits per heavy atom. The molecule has 13 heavy (non-hydrogen) atoms. The molecule has 4 nitrogen and oxygen atoms in total. The lowest BCUT2D eigenvalue weighted by Crippen LogP contribution is -2.48. The van der Waals surface area contributed by atoms with Crippen molar-refractivity contribution in [1.82, 2.24) is 5.12 Å². The third kappa shape index (κ3) is 1.37. The number of benzene rings is 1. The minimum atomic E-state index is -0.174. The van der Waals surface area contributed by atoms with Gasteiger partial charge in [-0.2, -0.15) is 0 Å². The van der Waals surface area contributed by atoms with Crippen LogP contribution in [0.15, 0.2) is 42.6 Å². The molecule has 1 heterocycles. The zero-order valence-electron chi connectivity index (χ0n) is 7.17. The standard InChI is InChI=1S/C9H12N4/c10-9-6-7-12(11)13(9)8-4-2-1-3-5-8/h1-7,9H,10-11H2. The Hall–Kier alpha value is -1.52. The van der Waals surface area contributed by atoms with Gasteiger partial charge in [0.15, 0.2) is 0 Å². The average molecular weight is 176 g/mol. The van der Waals surface area contributed by atoms with Crippen LogP contribution in [0.25, 0.3) is 0 Å². The van der Waals surface area contributed by atoms with Crippen LogP contribution in [0.4, 0.5) is 5.69 Å². The fourth-order valence-electron chi connectivity index (χ4n) is 1.37. The number of anilines is 1. The number of para-hydroxylation sites is 1. The Morgan fingerprint density at radius 3 is 2.38 bits per heavy atom. The van der Waals surface area contributed by atoms with Gasteiger partial charge in [-0.15, -0.1) is 0 Å². The molecule has 0 amide bonds. The highest BCUT2D eigenvalue weighted by Crippen LogP contribution is 2.19. The predicted molar refractivity (Wildman–Crippen MR) is 52.1 cm³/mol. The summed E-state index contributed by atoms with van der Waals surface area (Å²) in [5.41, 5.74) is 6.81. The molecule has 1 aromatic carbocycles. The van der Waals surface area contributed by atoms with E-state index in [0.29, 0.717) is 0 Å². The van der Waals surface area contributed by atoms with Crippen molar-refractivity contribution in [2.75, 3.05) is 5.01 Å². The Bertz CT molecular complexity index is 297. The van der Waals surface area contributed by atoms with Gasteiger partial charge < -0.3 is 5.73 Å². The first-order chi connectivity index (χ1) is 6.29. The molecule has 68 valence electrons. The number of hydrazine groups is 2. The Balaban J connectivity index is 2.27. The second-order valence-electron chi connectivity index (χ2n) is 2.89. The molecule has 4 N–H and O–H groups in total. The Labute approximate surface area is 77.0 Å². The minimum Gasteiger partial charge on any atom is -0.306 e. The van der Waals surface area contributed by atoms with Crippen LogP contribution >= 0.6 is 0 Å². The zero-order valence-corrected chi connectivity index (χ0v) is 7.17. The SMILES string of the molecule is NC1C=CN(N)N1c1ccccc1. The van der Waals surface area contributed by atoms with Gasteiger partial charge >= 0.3 is 0 Å².